The summed E-state index contributed by atoms with van der Waals surface area (Å²) in [5.41, 5.74) is 5.97. The highest BCUT2D eigenvalue weighted by Gasteiger charge is 2.20. The third-order valence-electron chi connectivity index (χ3n) is 3.49. The Morgan fingerprint density at radius 2 is 2.05 bits per heavy atom. The topological polar surface area (TPSA) is 55.6 Å². The largest absolute Gasteiger partial charge is 0.481 e. The van der Waals surface area contributed by atoms with Gasteiger partial charge in [-0.15, -0.1) is 0 Å². The Morgan fingerprint density at radius 1 is 1.38 bits per heavy atom. The summed E-state index contributed by atoms with van der Waals surface area (Å²) in [7, 11) is 1.72. The second-order valence-electron chi connectivity index (χ2n) is 5.67. The number of halogens is 1. The molecule has 0 saturated carbocycles. The van der Waals surface area contributed by atoms with Crippen LogP contribution >= 0.6 is 0 Å². The first-order valence-electron chi connectivity index (χ1n) is 7.24. The van der Waals surface area contributed by atoms with Crippen LogP contribution in [0.1, 0.15) is 27.2 Å². The van der Waals surface area contributed by atoms with Crippen LogP contribution in [-0.4, -0.2) is 36.5 Å². The number of amides is 1. The van der Waals surface area contributed by atoms with Gasteiger partial charge in [-0.25, -0.2) is 4.39 Å². The van der Waals surface area contributed by atoms with E-state index in [9.17, 15) is 9.18 Å². The van der Waals surface area contributed by atoms with Crippen LogP contribution in [0.15, 0.2) is 24.3 Å². The zero-order valence-corrected chi connectivity index (χ0v) is 13.2. The van der Waals surface area contributed by atoms with Crippen LogP contribution in [0, 0.1) is 11.7 Å². The van der Waals surface area contributed by atoms with Crippen molar-refractivity contribution >= 4 is 5.91 Å². The monoisotopic (exact) mass is 296 g/mol. The molecule has 0 fully saturated rings. The molecule has 1 amide bonds. The Morgan fingerprint density at radius 3 is 2.62 bits per heavy atom. The van der Waals surface area contributed by atoms with Crippen molar-refractivity contribution in [2.24, 2.45) is 11.7 Å². The molecule has 0 radical (unpaired) electrons. The number of carbonyl (C=O) groups excluding carboxylic acids is 1. The molecule has 2 N–H and O–H groups in total. The van der Waals surface area contributed by atoms with E-state index in [0.717, 1.165) is 6.42 Å². The normalized spacial score (nSPS) is 13.9. The van der Waals surface area contributed by atoms with Gasteiger partial charge in [0.25, 0.3) is 5.91 Å². The van der Waals surface area contributed by atoms with Crippen LogP contribution in [0.4, 0.5) is 4.39 Å². The Bertz CT molecular complexity index is 465. The molecule has 0 aliphatic heterocycles. The van der Waals surface area contributed by atoms with Gasteiger partial charge in [-0.2, -0.15) is 0 Å². The van der Waals surface area contributed by atoms with E-state index in [1.165, 1.54) is 12.1 Å². The van der Waals surface area contributed by atoms with Crippen LogP contribution < -0.4 is 10.5 Å². The van der Waals surface area contributed by atoms with Crippen molar-refractivity contribution in [2.45, 2.75) is 39.3 Å². The molecule has 2 unspecified atom stereocenters. The highest BCUT2D eigenvalue weighted by Crippen LogP contribution is 2.14. The molecule has 118 valence electrons. The van der Waals surface area contributed by atoms with E-state index in [0.29, 0.717) is 18.2 Å². The fraction of sp³-hybridized carbons (Fsp3) is 0.562. The Kier molecular flexibility index (Phi) is 6.62. The summed E-state index contributed by atoms with van der Waals surface area (Å²) in [5.74, 6) is 0.205. The van der Waals surface area contributed by atoms with Crippen LogP contribution in [-0.2, 0) is 4.79 Å². The lowest BCUT2D eigenvalue weighted by Crippen LogP contribution is -2.40. The summed E-state index contributed by atoms with van der Waals surface area (Å²) >= 11 is 0. The highest BCUT2D eigenvalue weighted by molar-refractivity contribution is 5.80. The summed E-state index contributed by atoms with van der Waals surface area (Å²) in [4.78, 5) is 13.8. The van der Waals surface area contributed by atoms with E-state index in [4.69, 9.17) is 10.5 Å². The summed E-state index contributed by atoms with van der Waals surface area (Å²) in [6.45, 7) is 6.35. The molecule has 0 spiro atoms. The smallest absolute Gasteiger partial charge is 0.263 e. The second-order valence-corrected chi connectivity index (χ2v) is 5.67. The maximum Gasteiger partial charge on any atom is 0.263 e. The van der Waals surface area contributed by atoms with Gasteiger partial charge in [-0.1, -0.05) is 19.9 Å². The van der Waals surface area contributed by atoms with Gasteiger partial charge in [0, 0.05) is 25.7 Å². The molecule has 0 bridgehead atoms. The van der Waals surface area contributed by atoms with Gasteiger partial charge >= 0.3 is 0 Å². The van der Waals surface area contributed by atoms with Crippen LogP contribution in [0.25, 0.3) is 0 Å². The van der Waals surface area contributed by atoms with Crippen LogP contribution in [0.5, 0.6) is 5.75 Å². The van der Waals surface area contributed by atoms with Gasteiger partial charge in [-0.05, 0) is 31.4 Å². The lowest BCUT2D eigenvalue weighted by molar-refractivity contribution is -0.136. The number of hydrogen-bond donors (Lipinski definition) is 1. The SMILES string of the molecule is CC(Oc1cccc(F)c1)C(=O)N(C)CCC(N)C(C)C. The number of carbonyl (C=O) groups is 1. The number of likely N-dealkylation sites (N-methyl/N-ethyl adjacent to an activating group) is 1. The van der Waals surface area contributed by atoms with Gasteiger partial charge in [0.2, 0.25) is 0 Å². The molecule has 1 aromatic rings. The highest BCUT2D eigenvalue weighted by atomic mass is 19.1. The average molecular weight is 296 g/mol. The summed E-state index contributed by atoms with van der Waals surface area (Å²) in [6.07, 6.45) is 0.0825. The fourth-order valence-corrected chi connectivity index (χ4v) is 1.89. The van der Waals surface area contributed by atoms with E-state index in [1.807, 2.05) is 0 Å². The van der Waals surface area contributed by atoms with Gasteiger partial charge in [-0.3, -0.25) is 4.79 Å². The Balaban J connectivity index is 2.49. The molecule has 2 atom stereocenters. The Labute approximate surface area is 126 Å². The predicted octanol–water partition coefficient (Wildman–Crippen LogP) is 2.42. The van der Waals surface area contributed by atoms with Crippen LogP contribution in [0.2, 0.25) is 0 Å². The van der Waals surface area contributed by atoms with Crippen molar-refractivity contribution in [3.63, 3.8) is 0 Å². The average Bonchev–Trinajstić information content (AvgIpc) is 2.43. The minimum absolute atomic E-state index is 0.0692. The second kappa shape index (κ2) is 7.98. The third-order valence-corrected chi connectivity index (χ3v) is 3.49. The van der Waals surface area contributed by atoms with Crippen molar-refractivity contribution < 1.29 is 13.9 Å². The Hall–Kier alpha value is -1.62. The summed E-state index contributed by atoms with van der Waals surface area (Å²) in [5, 5.41) is 0. The molecular weight excluding hydrogens is 271 g/mol. The molecule has 0 saturated heterocycles. The molecule has 1 aromatic carbocycles. The number of rotatable bonds is 7. The lowest BCUT2D eigenvalue weighted by atomic mass is 10.0. The number of benzene rings is 1. The van der Waals surface area contributed by atoms with E-state index >= 15 is 0 Å². The van der Waals surface area contributed by atoms with Gasteiger partial charge < -0.3 is 15.4 Å². The number of ether oxygens (including phenoxy) is 1. The lowest BCUT2D eigenvalue weighted by Gasteiger charge is -2.24. The molecule has 4 nitrogen and oxygen atoms in total. The quantitative estimate of drug-likeness (QED) is 0.840. The van der Waals surface area contributed by atoms with E-state index in [1.54, 1.807) is 31.0 Å². The van der Waals surface area contributed by atoms with E-state index in [2.05, 4.69) is 13.8 Å². The van der Waals surface area contributed by atoms with Crippen LogP contribution in [0.3, 0.4) is 0 Å². The molecule has 0 heterocycles. The third kappa shape index (κ3) is 5.71. The minimum atomic E-state index is -0.660. The summed E-state index contributed by atoms with van der Waals surface area (Å²) < 4.78 is 18.5. The van der Waals surface area contributed by atoms with Crippen molar-refractivity contribution in [2.75, 3.05) is 13.6 Å². The first-order chi connectivity index (χ1) is 9.81. The van der Waals surface area contributed by atoms with E-state index in [-0.39, 0.29) is 17.8 Å². The van der Waals surface area contributed by atoms with Gasteiger partial charge in [0.1, 0.15) is 11.6 Å². The van der Waals surface area contributed by atoms with Crippen molar-refractivity contribution in [1.29, 1.82) is 0 Å². The standard InChI is InChI=1S/C16H25FN2O2/c1-11(2)15(18)8-9-19(4)16(20)12(3)21-14-7-5-6-13(17)10-14/h5-7,10-12,15H,8-9,18H2,1-4H3. The number of hydrogen-bond acceptors (Lipinski definition) is 3. The molecule has 5 heteroatoms. The van der Waals surface area contributed by atoms with E-state index < -0.39 is 6.10 Å². The van der Waals surface area contributed by atoms with Crippen molar-refractivity contribution in [3.05, 3.63) is 30.1 Å². The molecule has 21 heavy (non-hydrogen) atoms. The number of nitrogens with two attached hydrogens (primary N) is 1. The number of nitrogens with zero attached hydrogens (tertiary/aromatic N) is 1. The van der Waals surface area contributed by atoms with Crippen molar-refractivity contribution in [1.82, 2.24) is 4.90 Å². The van der Waals surface area contributed by atoms with Gasteiger partial charge in [0.05, 0.1) is 0 Å². The molecule has 0 aliphatic carbocycles. The van der Waals surface area contributed by atoms with Crippen molar-refractivity contribution in [3.8, 4) is 5.75 Å². The zero-order valence-electron chi connectivity index (χ0n) is 13.2. The first-order valence-corrected chi connectivity index (χ1v) is 7.24. The predicted molar refractivity (Wildman–Crippen MR) is 81.6 cm³/mol. The molecule has 0 aliphatic rings. The fourth-order valence-electron chi connectivity index (χ4n) is 1.89. The maximum atomic E-state index is 13.1. The molecular formula is C16H25FN2O2. The van der Waals surface area contributed by atoms with Gasteiger partial charge in [0.15, 0.2) is 6.10 Å². The maximum absolute atomic E-state index is 13.1. The summed E-state index contributed by atoms with van der Waals surface area (Å²) in [6, 6.07) is 5.84. The molecule has 1 rings (SSSR count). The molecule has 0 aromatic heterocycles. The first kappa shape index (κ1) is 17.4. The minimum Gasteiger partial charge on any atom is -0.481 e. The zero-order chi connectivity index (χ0) is 16.0.